The van der Waals surface area contributed by atoms with Crippen molar-refractivity contribution in [3.8, 4) is 28.1 Å². The minimum absolute atomic E-state index is 0.259. The van der Waals surface area contributed by atoms with Crippen LogP contribution < -0.4 is 5.32 Å². The molecule has 0 saturated carbocycles. The molecule has 1 aromatic heterocycles. The van der Waals surface area contributed by atoms with Crippen LogP contribution in [0, 0.1) is 0 Å². The second-order valence-electron chi connectivity index (χ2n) is 10.5. The first-order valence-corrected chi connectivity index (χ1v) is 13.0. The lowest BCUT2D eigenvalue weighted by molar-refractivity contribution is 0.479. The highest BCUT2D eigenvalue weighted by molar-refractivity contribution is 5.80. The number of phenolic OH excluding ortho intramolecular Hbond substituents is 1. The monoisotopic (exact) mass is 478 g/mol. The molecule has 2 N–H and O–H groups in total. The summed E-state index contributed by atoms with van der Waals surface area (Å²) in [6.45, 7) is 14.2. The van der Waals surface area contributed by atoms with E-state index in [2.05, 4.69) is 59.0 Å². The van der Waals surface area contributed by atoms with Gasteiger partial charge in [0.05, 0.1) is 17.9 Å². The highest BCUT2D eigenvalue weighted by Crippen LogP contribution is 2.38. The molecule has 0 aliphatic heterocycles. The maximum Gasteiger partial charge on any atom is 0.132 e. The van der Waals surface area contributed by atoms with E-state index >= 15 is 0 Å². The average Bonchev–Trinajstić information content (AvgIpc) is 2.87. The lowest BCUT2D eigenvalue weighted by Crippen LogP contribution is -2.10. The van der Waals surface area contributed by atoms with Gasteiger partial charge in [0, 0.05) is 16.8 Å². The van der Waals surface area contributed by atoms with E-state index in [1.165, 1.54) is 22.4 Å². The number of aromatic nitrogens is 1. The number of rotatable bonds is 8. The number of nitrogens with zero attached hydrogens (tertiary/aromatic N) is 1. The largest absolute Gasteiger partial charge is 0.507 e. The summed E-state index contributed by atoms with van der Waals surface area (Å²) in [5.74, 6) is 1.59. The molecule has 0 aliphatic rings. The van der Waals surface area contributed by atoms with Crippen molar-refractivity contribution in [2.45, 2.75) is 65.8 Å². The number of hydrogen-bond donors (Lipinski definition) is 2. The smallest absolute Gasteiger partial charge is 0.132 e. The summed E-state index contributed by atoms with van der Waals surface area (Å²) < 4.78 is 0. The average molecular weight is 479 g/mol. The number of pyridine rings is 1. The number of aromatic hydroxyl groups is 1. The van der Waals surface area contributed by atoms with E-state index in [4.69, 9.17) is 4.98 Å². The fraction of sp³-hybridized carbons (Fsp3) is 0.303. The molecule has 0 saturated heterocycles. The van der Waals surface area contributed by atoms with Crippen LogP contribution in [0.15, 0.2) is 78.9 Å². The Hall–Kier alpha value is -3.59. The lowest BCUT2D eigenvalue weighted by atomic mass is 9.87. The van der Waals surface area contributed by atoms with Gasteiger partial charge in [0.1, 0.15) is 5.75 Å². The molecular weight excluding hydrogens is 440 g/mol. The summed E-state index contributed by atoms with van der Waals surface area (Å²) >= 11 is 0. The van der Waals surface area contributed by atoms with Crippen LogP contribution >= 0.6 is 0 Å². The Morgan fingerprint density at radius 1 is 0.694 bits per heavy atom. The molecule has 3 nitrogen and oxygen atoms in total. The van der Waals surface area contributed by atoms with Gasteiger partial charge in [0.25, 0.3) is 0 Å². The zero-order valence-corrected chi connectivity index (χ0v) is 22.3. The van der Waals surface area contributed by atoms with Gasteiger partial charge in [-0.25, -0.2) is 0 Å². The normalized spacial score (nSPS) is 11.5. The molecule has 0 aliphatic carbocycles. The third-order valence-corrected chi connectivity index (χ3v) is 6.78. The molecule has 0 amide bonds. The number of para-hydroxylation sites is 1. The van der Waals surface area contributed by atoms with Crippen molar-refractivity contribution >= 4 is 5.69 Å². The van der Waals surface area contributed by atoms with Crippen molar-refractivity contribution in [1.29, 1.82) is 0 Å². The standard InChI is InChI=1S/C33H38N2O/c1-21(2)25-18-29(22(3)4)32(30(19-25)23(5)6)34-20-26-14-10-17-31(35-26)28-16-11-15-27(33(28)36)24-12-8-7-9-13-24/h7-19,21-23,34,36H,20H2,1-6H3. The van der Waals surface area contributed by atoms with Gasteiger partial charge >= 0.3 is 0 Å². The van der Waals surface area contributed by atoms with Crippen LogP contribution in [0.1, 0.15) is 81.7 Å². The van der Waals surface area contributed by atoms with Crippen LogP contribution in [0.5, 0.6) is 5.75 Å². The highest BCUT2D eigenvalue weighted by atomic mass is 16.3. The molecule has 0 bridgehead atoms. The first kappa shape index (κ1) is 25.5. The Balaban J connectivity index is 1.66. The third-order valence-electron chi connectivity index (χ3n) is 6.78. The van der Waals surface area contributed by atoms with Gasteiger partial charge in [0.15, 0.2) is 0 Å². The van der Waals surface area contributed by atoms with E-state index in [0.29, 0.717) is 24.3 Å². The molecule has 186 valence electrons. The maximum absolute atomic E-state index is 11.1. The zero-order chi connectivity index (χ0) is 25.8. The molecule has 0 atom stereocenters. The molecule has 0 fully saturated rings. The number of nitrogens with one attached hydrogen (secondary N) is 1. The second-order valence-corrected chi connectivity index (χ2v) is 10.5. The van der Waals surface area contributed by atoms with E-state index < -0.39 is 0 Å². The molecule has 3 heteroatoms. The van der Waals surface area contributed by atoms with Crippen LogP contribution in [0.4, 0.5) is 5.69 Å². The summed E-state index contributed by atoms with van der Waals surface area (Å²) in [7, 11) is 0. The first-order valence-electron chi connectivity index (χ1n) is 13.0. The Kier molecular flexibility index (Phi) is 7.79. The third kappa shape index (κ3) is 5.46. The summed E-state index contributed by atoms with van der Waals surface area (Å²) in [6, 6.07) is 26.6. The molecule has 0 spiro atoms. The van der Waals surface area contributed by atoms with Crippen LogP contribution in [-0.4, -0.2) is 10.1 Å². The van der Waals surface area contributed by atoms with Crippen molar-refractivity contribution in [3.05, 3.63) is 101 Å². The van der Waals surface area contributed by atoms with Gasteiger partial charge in [0.2, 0.25) is 0 Å². The molecule has 3 aromatic carbocycles. The Morgan fingerprint density at radius 2 is 1.31 bits per heavy atom. The Morgan fingerprint density at radius 3 is 1.92 bits per heavy atom. The minimum atomic E-state index is 0.259. The summed E-state index contributed by atoms with van der Waals surface area (Å²) in [5.41, 5.74) is 9.58. The quantitative estimate of drug-likeness (QED) is 0.265. The van der Waals surface area contributed by atoms with Gasteiger partial charge in [-0.1, -0.05) is 102 Å². The summed E-state index contributed by atoms with van der Waals surface area (Å²) in [6.07, 6.45) is 0. The Labute approximate surface area is 216 Å². The van der Waals surface area contributed by atoms with Crippen LogP contribution in [0.3, 0.4) is 0 Å². The Bertz CT molecular complexity index is 1290. The topological polar surface area (TPSA) is 45.1 Å². The molecule has 1 heterocycles. The molecule has 0 unspecified atom stereocenters. The number of benzene rings is 3. The molecule has 36 heavy (non-hydrogen) atoms. The van der Waals surface area contributed by atoms with Crippen molar-refractivity contribution in [1.82, 2.24) is 4.98 Å². The van der Waals surface area contributed by atoms with Gasteiger partial charge in [-0.05, 0) is 58.2 Å². The fourth-order valence-electron chi connectivity index (χ4n) is 4.67. The van der Waals surface area contributed by atoms with Crippen LogP contribution in [-0.2, 0) is 6.54 Å². The van der Waals surface area contributed by atoms with E-state index in [9.17, 15) is 5.11 Å². The van der Waals surface area contributed by atoms with E-state index in [-0.39, 0.29) is 5.75 Å². The number of phenols is 1. The van der Waals surface area contributed by atoms with Crippen molar-refractivity contribution in [3.63, 3.8) is 0 Å². The lowest BCUT2D eigenvalue weighted by Gasteiger charge is -2.24. The second kappa shape index (κ2) is 11.0. The van der Waals surface area contributed by atoms with Gasteiger partial charge < -0.3 is 10.4 Å². The van der Waals surface area contributed by atoms with Gasteiger partial charge in [-0.15, -0.1) is 0 Å². The van der Waals surface area contributed by atoms with E-state index in [0.717, 1.165) is 28.1 Å². The predicted molar refractivity (Wildman–Crippen MR) is 153 cm³/mol. The van der Waals surface area contributed by atoms with Crippen molar-refractivity contribution in [2.24, 2.45) is 0 Å². The van der Waals surface area contributed by atoms with E-state index in [1.807, 2.05) is 66.7 Å². The number of anilines is 1. The van der Waals surface area contributed by atoms with E-state index in [1.54, 1.807) is 0 Å². The molecule has 0 radical (unpaired) electrons. The van der Waals surface area contributed by atoms with Crippen LogP contribution in [0.25, 0.3) is 22.4 Å². The van der Waals surface area contributed by atoms with Gasteiger partial charge in [-0.2, -0.15) is 0 Å². The highest BCUT2D eigenvalue weighted by Gasteiger charge is 2.18. The maximum atomic E-state index is 11.1. The predicted octanol–water partition coefficient (Wildman–Crippen LogP) is 9.10. The summed E-state index contributed by atoms with van der Waals surface area (Å²) in [4.78, 5) is 4.93. The minimum Gasteiger partial charge on any atom is -0.507 e. The number of hydrogen-bond acceptors (Lipinski definition) is 3. The molecule has 4 rings (SSSR count). The summed E-state index contributed by atoms with van der Waals surface area (Å²) in [5, 5.41) is 14.8. The molecule has 4 aromatic rings. The molecular formula is C33H38N2O. The fourth-order valence-corrected chi connectivity index (χ4v) is 4.67. The SMILES string of the molecule is CC(C)c1cc(C(C)C)c(NCc2cccc(-c3cccc(-c4ccccc4)c3O)n2)c(C(C)C)c1. The zero-order valence-electron chi connectivity index (χ0n) is 22.3. The van der Waals surface area contributed by atoms with Crippen molar-refractivity contribution in [2.75, 3.05) is 5.32 Å². The van der Waals surface area contributed by atoms with Crippen molar-refractivity contribution < 1.29 is 5.11 Å². The first-order chi connectivity index (χ1) is 17.3. The van der Waals surface area contributed by atoms with Gasteiger partial charge in [-0.3, -0.25) is 4.98 Å². The van der Waals surface area contributed by atoms with Crippen LogP contribution in [0.2, 0.25) is 0 Å².